The van der Waals surface area contributed by atoms with Gasteiger partial charge in [0, 0.05) is 11.3 Å². The van der Waals surface area contributed by atoms with Crippen LogP contribution in [0.15, 0.2) is 28.9 Å². The van der Waals surface area contributed by atoms with Gasteiger partial charge in [-0.2, -0.15) is 4.37 Å². The van der Waals surface area contributed by atoms with Crippen LogP contribution in [0.1, 0.15) is 24.1 Å². The van der Waals surface area contributed by atoms with Crippen LogP contribution in [0.4, 0.5) is 0 Å². The van der Waals surface area contributed by atoms with Gasteiger partial charge in [0.15, 0.2) is 4.34 Å². The van der Waals surface area contributed by atoms with Gasteiger partial charge in [-0.3, -0.25) is 0 Å². The summed E-state index contributed by atoms with van der Waals surface area (Å²) in [6.07, 6.45) is 2.68. The number of hydrogen-bond donors (Lipinski definition) is 1. The van der Waals surface area contributed by atoms with Crippen LogP contribution in [0.5, 0.6) is 5.75 Å². The number of methoxy groups -OCH3 is 1. The highest BCUT2D eigenvalue weighted by Gasteiger charge is 2.33. The van der Waals surface area contributed by atoms with Gasteiger partial charge in [-0.05, 0) is 47.8 Å². The second-order valence-corrected chi connectivity index (χ2v) is 6.93. The highest BCUT2D eigenvalue weighted by atomic mass is 32.2. The molecular formula is C14H17N3OS2. The molecule has 1 aliphatic carbocycles. The molecule has 1 aromatic carbocycles. The molecule has 0 radical (unpaired) electrons. The molecule has 6 heteroatoms. The van der Waals surface area contributed by atoms with E-state index in [4.69, 9.17) is 4.74 Å². The van der Waals surface area contributed by atoms with Gasteiger partial charge in [0.25, 0.3) is 0 Å². The SMILES string of the molecule is CCNC1c2cc(OC)ccc2CC1Sc1ncns1. The number of fused-ring (bicyclic) bond motifs is 1. The normalized spacial score (nSPS) is 20.9. The molecular weight excluding hydrogens is 290 g/mol. The lowest BCUT2D eigenvalue weighted by Crippen LogP contribution is -2.26. The number of rotatable bonds is 5. The van der Waals surface area contributed by atoms with E-state index < -0.39 is 0 Å². The maximum atomic E-state index is 5.35. The van der Waals surface area contributed by atoms with Crippen LogP contribution in [0, 0.1) is 0 Å². The highest BCUT2D eigenvalue weighted by Crippen LogP contribution is 2.42. The summed E-state index contributed by atoms with van der Waals surface area (Å²) in [5, 5.41) is 4.06. The first-order valence-electron chi connectivity index (χ1n) is 6.65. The van der Waals surface area contributed by atoms with Crippen molar-refractivity contribution < 1.29 is 4.74 Å². The Hall–Kier alpha value is -1.11. The molecule has 1 aromatic heterocycles. The largest absolute Gasteiger partial charge is 0.497 e. The average molecular weight is 307 g/mol. The zero-order chi connectivity index (χ0) is 13.9. The lowest BCUT2D eigenvalue weighted by atomic mass is 10.1. The molecule has 106 valence electrons. The lowest BCUT2D eigenvalue weighted by molar-refractivity contribution is 0.413. The van der Waals surface area contributed by atoms with E-state index in [-0.39, 0.29) is 0 Å². The summed E-state index contributed by atoms with van der Waals surface area (Å²) in [4.78, 5) is 4.29. The van der Waals surface area contributed by atoms with Crippen LogP contribution in [0.2, 0.25) is 0 Å². The Kier molecular flexibility index (Phi) is 4.24. The first kappa shape index (κ1) is 13.9. The molecule has 2 atom stereocenters. The molecule has 2 unspecified atom stereocenters. The zero-order valence-corrected chi connectivity index (χ0v) is 13.1. The van der Waals surface area contributed by atoms with Gasteiger partial charge >= 0.3 is 0 Å². The lowest BCUT2D eigenvalue weighted by Gasteiger charge is -2.20. The topological polar surface area (TPSA) is 47.0 Å². The molecule has 1 heterocycles. The van der Waals surface area contributed by atoms with E-state index in [0.717, 1.165) is 23.1 Å². The molecule has 0 saturated heterocycles. The number of hydrogen-bond acceptors (Lipinski definition) is 6. The van der Waals surface area contributed by atoms with E-state index >= 15 is 0 Å². The molecule has 0 amide bonds. The first-order chi connectivity index (χ1) is 9.81. The predicted molar refractivity (Wildman–Crippen MR) is 82.7 cm³/mol. The van der Waals surface area contributed by atoms with Crippen molar-refractivity contribution in [2.75, 3.05) is 13.7 Å². The van der Waals surface area contributed by atoms with Gasteiger partial charge in [-0.1, -0.05) is 24.8 Å². The molecule has 1 aliphatic rings. The first-order valence-corrected chi connectivity index (χ1v) is 8.30. The van der Waals surface area contributed by atoms with Gasteiger partial charge in [0.2, 0.25) is 0 Å². The van der Waals surface area contributed by atoms with Gasteiger partial charge in [0.05, 0.1) is 7.11 Å². The van der Waals surface area contributed by atoms with Crippen LogP contribution >= 0.6 is 23.3 Å². The maximum absolute atomic E-state index is 5.35. The second-order valence-electron chi connectivity index (χ2n) is 4.67. The van der Waals surface area contributed by atoms with Crippen molar-refractivity contribution >= 4 is 23.3 Å². The smallest absolute Gasteiger partial charge is 0.170 e. The molecule has 0 aliphatic heterocycles. The molecule has 1 N–H and O–H groups in total. The van der Waals surface area contributed by atoms with E-state index in [1.165, 1.54) is 22.7 Å². The number of nitrogens with one attached hydrogen (secondary N) is 1. The minimum Gasteiger partial charge on any atom is -0.497 e. The molecule has 0 spiro atoms. The minimum atomic E-state index is 0.346. The number of ether oxygens (including phenoxy) is 1. The third-order valence-electron chi connectivity index (χ3n) is 3.50. The van der Waals surface area contributed by atoms with Crippen molar-refractivity contribution in [3.63, 3.8) is 0 Å². The monoisotopic (exact) mass is 307 g/mol. The van der Waals surface area contributed by atoms with E-state index in [1.807, 2.05) is 17.8 Å². The molecule has 0 fully saturated rings. The Morgan fingerprint density at radius 1 is 1.50 bits per heavy atom. The van der Waals surface area contributed by atoms with Gasteiger partial charge in [-0.15, -0.1) is 0 Å². The van der Waals surface area contributed by atoms with Crippen molar-refractivity contribution in [1.82, 2.24) is 14.7 Å². The summed E-state index contributed by atoms with van der Waals surface area (Å²) >= 11 is 3.28. The molecule has 0 saturated carbocycles. The van der Waals surface area contributed by atoms with Crippen molar-refractivity contribution in [1.29, 1.82) is 0 Å². The fourth-order valence-corrected chi connectivity index (χ4v) is 4.59. The number of aromatic nitrogens is 2. The Labute approximate surface area is 127 Å². The van der Waals surface area contributed by atoms with Crippen LogP contribution in [-0.2, 0) is 6.42 Å². The maximum Gasteiger partial charge on any atom is 0.170 e. The number of thioether (sulfide) groups is 1. The Morgan fingerprint density at radius 3 is 3.10 bits per heavy atom. The minimum absolute atomic E-state index is 0.346. The molecule has 2 aromatic rings. The Morgan fingerprint density at radius 2 is 2.40 bits per heavy atom. The summed E-state index contributed by atoms with van der Waals surface area (Å²) in [6.45, 7) is 3.10. The van der Waals surface area contributed by atoms with E-state index in [1.54, 1.807) is 13.4 Å². The summed E-state index contributed by atoms with van der Waals surface area (Å²) in [5.74, 6) is 0.924. The van der Waals surface area contributed by atoms with Gasteiger partial charge in [0.1, 0.15) is 12.1 Å². The Balaban J connectivity index is 1.86. The molecule has 3 rings (SSSR count). The van der Waals surface area contributed by atoms with E-state index in [2.05, 4.69) is 33.7 Å². The van der Waals surface area contributed by atoms with Gasteiger partial charge < -0.3 is 10.1 Å². The van der Waals surface area contributed by atoms with Crippen LogP contribution in [0.3, 0.4) is 0 Å². The highest BCUT2D eigenvalue weighted by molar-refractivity contribution is 8.01. The second kappa shape index (κ2) is 6.11. The quantitative estimate of drug-likeness (QED) is 0.920. The van der Waals surface area contributed by atoms with Gasteiger partial charge in [-0.25, -0.2) is 4.98 Å². The summed E-state index contributed by atoms with van der Waals surface area (Å²) in [6, 6.07) is 6.72. The van der Waals surface area contributed by atoms with Crippen LogP contribution < -0.4 is 10.1 Å². The van der Waals surface area contributed by atoms with Crippen molar-refractivity contribution in [3.05, 3.63) is 35.7 Å². The van der Waals surface area contributed by atoms with E-state index in [9.17, 15) is 0 Å². The van der Waals surface area contributed by atoms with Crippen LogP contribution in [-0.4, -0.2) is 28.3 Å². The zero-order valence-electron chi connectivity index (χ0n) is 11.5. The Bertz CT molecular complexity index is 574. The summed E-state index contributed by atoms with van der Waals surface area (Å²) in [5.41, 5.74) is 2.76. The van der Waals surface area contributed by atoms with Crippen molar-refractivity contribution in [2.45, 2.75) is 29.0 Å². The average Bonchev–Trinajstić information content (AvgIpc) is 3.08. The fourth-order valence-electron chi connectivity index (χ4n) is 2.63. The number of benzene rings is 1. The van der Waals surface area contributed by atoms with Crippen molar-refractivity contribution in [2.24, 2.45) is 0 Å². The molecule has 0 bridgehead atoms. The third kappa shape index (κ3) is 2.68. The third-order valence-corrected chi connectivity index (χ3v) is 5.52. The molecule has 4 nitrogen and oxygen atoms in total. The fraction of sp³-hybridized carbons (Fsp3) is 0.429. The number of nitrogens with zero attached hydrogens (tertiary/aromatic N) is 2. The van der Waals surface area contributed by atoms with E-state index in [0.29, 0.717) is 11.3 Å². The van der Waals surface area contributed by atoms with Crippen LogP contribution in [0.25, 0.3) is 0 Å². The summed E-state index contributed by atoms with van der Waals surface area (Å²) < 4.78 is 10.5. The predicted octanol–water partition coefficient (Wildman–Crippen LogP) is 2.91. The standard InChI is InChI=1S/C14H17N3OS2/c1-3-15-13-11-7-10(18-2)5-4-9(11)6-12(13)19-14-16-8-17-20-14/h4-5,7-8,12-13,15H,3,6H2,1-2H3. The van der Waals surface area contributed by atoms with Crippen molar-refractivity contribution in [3.8, 4) is 5.75 Å². The molecule has 20 heavy (non-hydrogen) atoms. The summed E-state index contributed by atoms with van der Waals surface area (Å²) in [7, 11) is 1.71.